The molecule has 23 heavy (non-hydrogen) atoms. The number of nitrogens with zero attached hydrogens (tertiary/aromatic N) is 2. The average Bonchev–Trinajstić information content (AvgIpc) is 2.59. The van der Waals surface area contributed by atoms with Crippen LogP contribution in [-0.4, -0.2) is 31.1 Å². The highest BCUT2D eigenvalue weighted by Gasteiger charge is 2.28. The molecule has 1 aliphatic heterocycles. The number of rotatable bonds is 3. The summed E-state index contributed by atoms with van der Waals surface area (Å²) < 4.78 is 4.78. The van der Waals surface area contributed by atoms with Gasteiger partial charge in [-0.05, 0) is 23.3 Å². The maximum atomic E-state index is 12.6. The molecule has 0 unspecified atom stereocenters. The fraction of sp³-hybridized carbons (Fsp3) is 0.222. The molecule has 0 N–H and O–H groups in total. The van der Waals surface area contributed by atoms with Crippen LogP contribution in [0.2, 0.25) is 0 Å². The Kier molecular flexibility index (Phi) is 4.02. The lowest BCUT2D eigenvalue weighted by molar-refractivity contribution is 0.0600. The van der Waals surface area contributed by atoms with Gasteiger partial charge < -0.3 is 9.64 Å². The van der Waals surface area contributed by atoms with Crippen molar-refractivity contribution in [1.82, 2.24) is 4.90 Å². The van der Waals surface area contributed by atoms with Crippen LogP contribution in [0.5, 0.6) is 0 Å². The number of fused-ring (bicyclic) bond motifs is 1. The predicted octanol–water partition coefficient (Wildman–Crippen LogP) is 3.05. The molecule has 0 radical (unpaired) electrons. The van der Waals surface area contributed by atoms with E-state index in [9.17, 15) is 9.59 Å². The first-order valence-corrected chi connectivity index (χ1v) is 7.38. The van der Waals surface area contributed by atoms with Crippen LogP contribution in [0.4, 0.5) is 10.5 Å². The standard InChI is InChI=1S/C18H18N2O3/c1-19-12-15-9-8-14(17(21)23-2)10-16(15)20(18(19)22)11-13-6-4-3-5-7-13/h3-10H,11-12H2,1-2H3. The Morgan fingerprint density at radius 3 is 2.61 bits per heavy atom. The van der Waals surface area contributed by atoms with Gasteiger partial charge in [-0.3, -0.25) is 4.90 Å². The number of benzene rings is 2. The van der Waals surface area contributed by atoms with Crippen LogP contribution in [0.1, 0.15) is 21.5 Å². The van der Waals surface area contributed by atoms with Gasteiger partial charge in [0.25, 0.3) is 0 Å². The quantitative estimate of drug-likeness (QED) is 0.819. The summed E-state index contributed by atoms with van der Waals surface area (Å²) in [7, 11) is 3.12. The van der Waals surface area contributed by atoms with Crippen LogP contribution in [0.3, 0.4) is 0 Å². The van der Waals surface area contributed by atoms with E-state index in [0.29, 0.717) is 18.7 Å². The maximum absolute atomic E-state index is 12.6. The first kappa shape index (κ1) is 15.1. The third-order valence-electron chi connectivity index (χ3n) is 3.95. The van der Waals surface area contributed by atoms with Gasteiger partial charge >= 0.3 is 12.0 Å². The van der Waals surface area contributed by atoms with E-state index >= 15 is 0 Å². The Morgan fingerprint density at radius 2 is 1.91 bits per heavy atom. The second-order valence-electron chi connectivity index (χ2n) is 5.55. The van der Waals surface area contributed by atoms with Crippen molar-refractivity contribution >= 4 is 17.7 Å². The molecule has 2 amide bonds. The van der Waals surface area contributed by atoms with Gasteiger partial charge in [0.2, 0.25) is 0 Å². The topological polar surface area (TPSA) is 49.9 Å². The molecular formula is C18H18N2O3. The summed E-state index contributed by atoms with van der Waals surface area (Å²) in [6, 6.07) is 15.0. The fourth-order valence-electron chi connectivity index (χ4n) is 2.74. The summed E-state index contributed by atoms with van der Waals surface area (Å²) in [5.74, 6) is -0.404. The number of methoxy groups -OCH3 is 1. The minimum absolute atomic E-state index is 0.0802. The monoisotopic (exact) mass is 310 g/mol. The van der Waals surface area contributed by atoms with Crippen molar-refractivity contribution in [3.05, 3.63) is 65.2 Å². The number of anilines is 1. The molecule has 118 valence electrons. The van der Waals surface area contributed by atoms with E-state index in [1.165, 1.54) is 7.11 Å². The lowest BCUT2D eigenvalue weighted by atomic mass is 10.0. The van der Waals surface area contributed by atoms with Crippen molar-refractivity contribution in [2.24, 2.45) is 0 Å². The minimum atomic E-state index is -0.404. The van der Waals surface area contributed by atoms with Gasteiger partial charge in [-0.25, -0.2) is 9.59 Å². The molecule has 1 aliphatic rings. The lowest BCUT2D eigenvalue weighted by Gasteiger charge is -2.35. The van der Waals surface area contributed by atoms with Gasteiger partial charge in [-0.1, -0.05) is 36.4 Å². The Bertz CT molecular complexity index is 743. The van der Waals surface area contributed by atoms with Gasteiger partial charge in [0.1, 0.15) is 0 Å². The summed E-state index contributed by atoms with van der Waals surface area (Å²) in [5.41, 5.74) is 3.25. The number of carbonyl (C=O) groups is 2. The van der Waals surface area contributed by atoms with Crippen LogP contribution < -0.4 is 4.90 Å². The van der Waals surface area contributed by atoms with E-state index in [1.807, 2.05) is 36.4 Å². The molecule has 0 bridgehead atoms. The molecule has 2 aromatic carbocycles. The first-order chi connectivity index (χ1) is 11.1. The van der Waals surface area contributed by atoms with Crippen molar-refractivity contribution in [1.29, 1.82) is 0 Å². The van der Waals surface area contributed by atoms with E-state index < -0.39 is 5.97 Å². The van der Waals surface area contributed by atoms with Crippen molar-refractivity contribution in [3.8, 4) is 0 Å². The number of amides is 2. The fourth-order valence-corrected chi connectivity index (χ4v) is 2.74. The molecule has 3 rings (SSSR count). The van der Waals surface area contributed by atoms with Crippen molar-refractivity contribution in [2.45, 2.75) is 13.1 Å². The molecule has 0 aliphatic carbocycles. The molecule has 1 heterocycles. The second-order valence-corrected chi connectivity index (χ2v) is 5.55. The highest BCUT2D eigenvalue weighted by atomic mass is 16.5. The van der Waals surface area contributed by atoms with Gasteiger partial charge in [-0.15, -0.1) is 0 Å². The van der Waals surface area contributed by atoms with Gasteiger partial charge in [0, 0.05) is 13.6 Å². The van der Waals surface area contributed by atoms with E-state index in [2.05, 4.69) is 0 Å². The zero-order valence-corrected chi connectivity index (χ0v) is 13.2. The Morgan fingerprint density at radius 1 is 1.17 bits per heavy atom. The average molecular weight is 310 g/mol. The molecule has 5 nitrogen and oxygen atoms in total. The van der Waals surface area contributed by atoms with Gasteiger partial charge in [0.15, 0.2) is 0 Å². The zero-order chi connectivity index (χ0) is 16.4. The van der Waals surface area contributed by atoms with Gasteiger partial charge in [-0.2, -0.15) is 0 Å². The third-order valence-corrected chi connectivity index (χ3v) is 3.95. The summed E-state index contributed by atoms with van der Waals surface area (Å²) in [4.78, 5) is 27.7. The third kappa shape index (κ3) is 2.90. The molecule has 5 heteroatoms. The van der Waals surface area contributed by atoms with E-state index in [1.54, 1.807) is 29.0 Å². The Hall–Kier alpha value is -2.82. The van der Waals surface area contributed by atoms with Crippen LogP contribution in [-0.2, 0) is 17.8 Å². The Labute approximate surface area is 135 Å². The molecule has 0 aromatic heterocycles. The van der Waals surface area contributed by atoms with Crippen LogP contribution in [0, 0.1) is 0 Å². The first-order valence-electron chi connectivity index (χ1n) is 7.38. The van der Waals surface area contributed by atoms with Crippen LogP contribution in [0.15, 0.2) is 48.5 Å². The smallest absolute Gasteiger partial charge is 0.337 e. The molecular weight excluding hydrogens is 292 g/mol. The second kappa shape index (κ2) is 6.12. The van der Waals surface area contributed by atoms with Crippen LogP contribution in [0.25, 0.3) is 0 Å². The van der Waals surface area contributed by atoms with Crippen molar-refractivity contribution in [2.75, 3.05) is 19.1 Å². The number of ether oxygens (including phenoxy) is 1. The molecule has 0 saturated heterocycles. The van der Waals surface area contributed by atoms with Gasteiger partial charge in [0.05, 0.1) is 24.9 Å². The number of hydrogen-bond acceptors (Lipinski definition) is 3. The molecule has 2 aromatic rings. The minimum Gasteiger partial charge on any atom is -0.465 e. The van der Waals surface area contributed by atoms with E-state index in [0.717, 1.165) is 16.8 Å². The summed E-state index contributed by atoms with van der Waals surface area (Å²) in [5, 5.41) is 0. The molecule has 0 spiro atoms. The molecule has 0 atom stereocenters. The molecule has 0 fully saturated rings. The van der Waals surface area contributed by atoms with E-state index in [4.69, 9.17) is 4.74 Å². The zero-order valence-electron chi connectivity index (χ0n) is 13.2. The summed E-state index contributed by atoms with van der Waals surface area (Å²) in [6.45, 7) is 0.989. The highest BCUT2D eigenvalue weighted by molar-refractivity contribution is 5.97. The SMILES string of the molecule is COC(=O)c1ccc2c(c1)N(Cc1ccccc1)C(=O)N(C)C2. The van der Waals surface area contributed by atoms with Crippen LogP contribution >= 0.6 is 0 Å². The molecule has 0 saturated carbocycles. The highest BCUT2D eigenvalue weighted by Crippen LogP contribution is 2.30. The summed E-state index contributed by atoms with van der Waals surface area (Å²) in [6.07, 6.45) is 0. The normalized spacial score (nSPS) is 13.7. The predicted molar refractivity (Wildman–Crippen MR) is 87.3 cm³/mol. The maximum Gasteiger partial charge on any atom is 0.337 e. The number of urea groups is 1. The number of esters is 1. The van der Waals surface area contributed by atoms with Crippen molar-refractivity contribution < 1.29 is 14.3 Å². The Balaban J connectivity index is 2.01. The number of hydrogen-bond donors (Lipinski definition) is 0. The number of carbonyl (C=O) groups excluding carboxylic acids is 2. The van der Waals surface area contributed by atoms with E-state index in [-0.39, 0.29) is 6.03 Å². The summed E-state index contributed by atoms with van der Waals surface area (Å²) >= 11 is 0. The van der Waals surface area contributed by atoms with Crippen molar-refractivity contribution in [3.63, 3.8) is 0 Å². The largest absolute Gasteiger partial charge is 0.465 e. The lowest BCUT2D eigenvalue weighted by Crippen LogP contribution is -2.44.